The van der Waals surface area contributed by atoms with Crippen molar-refractivity contribution in [1.82, 2.24) is 5.32 Å². The third kappa shape index (κ3) is 5.77. The Bertz CT molecular complexity index is 979. The van der Waals surface area contributed by atoms with Gasteiger partial charge in [-0.3, -0.25) is 10.1 Å². The number of nitrogens with one attached hydrogen (secondary N) is 2. The summed E-state index contributed by atoms with van der Waals surface area (Å²) in [5.41, 5.74) is -4.34. The van der Waals surface area contributed by atoms with Gasteiger partial charge in [-0.05, 0) is 46.3 Å². The minimum absolute atomic E-state index is 0.105. The highest BCUT2D eigenvalue weighted by atomic mass is 79.9. The number of hydrogen-bond acceptors (Lipinski definition) is 2. The number of benzene rings is 2. The fourth-order valence-corrected chi connectivity index (χ4v) is 3.13. The summed E-state index contributed by atoms with van der Waals surface area (Å²) in [6, 6.07) is 2.47. The first-order valence-electron chi connectivity index (χ1n) is 7.25. The lowest BCUT2D eigenvalue weighted by Crippen LogP contribution is -2.34. The molecule has 13 heteroatoms. The Hall–Kier alpha value is -1.98. The quantitative estimate of drug-likeness (QED) is 0.427. The zero-order valence-corrected chi connectivity index (χ0v) is 16.7. The van der Waals surface area contributed by atoms with Crippen LogP contribution in [0, 0.1) is 0 Å². The predicted octanol–water partition coefficient (Wildman–Crippen LogP) is 6.76. The van der Waals surface area contributed by atoms with Gasteiger partial charge in [-0.1, -0.05) is 23.2 Å². The van der Waals surface area contributed by atoms with Crippen LogP contribution in [0.5, 0.6) is 0 Å². The van der Waals surface area contributed by atoms with Crippen LogP contribution in [-0.4, -0.2) is 11.9 Å². The average molecular weight is 524 g/mol. The summed E-state index contributed by atoms with van der Waals surface area (Å²) in [5, 5.41) is 3.60. The molecule has 2 aromatic carbocycles. The van der Waals surface area contributed by atoms with Crippen molar-refractivity contribution in [2.75, 3.05) is 5.32 Å². The standard InChI is InChI=1S/C16H7BrCl2F6N2O2/c17-12-9(16(23,24)25)3-6(15(20,21)22)4-11(12)26-14(29)27-13(28)8-2-1-7(18)5-10(8)19/h1-5H,(H2,26,27,28,29). The van der Waals surface area contributed by atoms with Gasteiger partial charge in [0.25, 0.3) is 5.91 Å². The smallest absolute Gasteiger partial charge is 0.307 e. The van der Waals surface area contributed by atoms with E-state index in [-0.39, 0.29) is 21.7 Å². The Balaban J connectivity index is 2.32. The fourth-order valence-electron chi connectivity index (χ4n) is 2.08. The van der Waals surface area contributed by atoms with Crippen LogP contribution in [0.3, 0.4) is 0 Å². The zero-order chi connectivity index (χ0) is 22.1. The highest BCUT2D eigenvalue weighted by Gasteiger charge is 2.39. The molecule has 0 saturated heterocycles. The van der Waals surface area contributed by atoms with Gasteiger partial charge < -0.3 is 5.32 Å². The van der Waals surface area contributed by atoms with Gasteiger partial charge in [0.1, 0.15) is 0 Å². The molecule has 3 amide bonds. The van der Waals surface area contributed by atoms with Crippen LogP contribution in [0.1, 0.15) is 21.5 Å². The molecule has 29 heavy (non-hydrogen) atoms. The Morgan fingerprint density at radius 3 is 2.07 bits per heavy atom. The molecule has 0 aliphatic heterocycles. The van der Waals surface area contributed by atoms with Crippen molar-refractivity contribution in [2.24, 2.45) is 0 Å². The number of rotatable bonds is 2. The van der Waals surface area contributed by atoms with E-state index in [0.717, 1.165) is 0 Å². The monoisotopic (exact) mass is 522 g/mol. The van der Waals surface area contributed by atoms with Crippen molar-refractivity contribution < 1.29 is 35.9 Å². The number of urea groups is 1. The first kappa shape index (κ1) is 23.3. The summed E-state index contributed by atoms with van der Waals surface area (Å²) in [5.74, 6) is -1.05. The molecule has 0 fully saturated rings. The molecule has 0 saturated carbocycles. The van der Waals surface area contributed by atoms with Crippen LogP contribution < -0.4 is 10.6 Å². The minimum Gasteiger partial charge on any atom is -0.307 e. The van der Waals surface area contributed by atoms with E-state index in [2.05, 4.69) is 15.9 Å². The van der Waals surface area contributed by atoms with Crippen molar-refractivity contribution in [2.45, 2.75) is 12.4 Å². The minimum atomic E-state index is -5.14. The normalized spacial score (nSPS) is 11.9. The molecule has 4 nitrogen and oxygen atoms in total. The molecule has 0 aromatic heterocycles. The molecule has 0 radical (unpaired) electrons. The second kappa shape index (κ2) is 8.41. The maximum Gasteiger partial charge on any atom is 0.417 e. The summed E-state index contributed by atoms with van der Waals surface area (Å²) in [4.78, 5) is 24.0. The zero-order valence-electron chi connectivity index (χ0n) is 13.6. The first-order valence-corrected chi connectivity index (χ1v) is 8.80. The third-order valence-corrected chi connectivity index (χ3v) is 4.76. The molecule has 2 rings (SSSR count). The van der Waals surface area contributed by atoms with Crippen LogP contribution in [0.25, 0.3) is 0 Å². The molecular weight excluding hydrogens is 517 g/mol. The van der Waals surface area contributed by atoms with Gasteiger partial charge >= 0.3 is 18.4 Å². The summed E-state index contributed by atoms with van der Waals surface area (Å²) in [7, 11) is 0. The van der Waals surface area contributed by atoms with Crippen molar-refractivity contribution >= 4 is 56.8 Å². The number of carbonyl (C=O) groups excluding carboxylic acids is 2. The maximum absolute atomic E-state index is 13.0. The first-order chi connectivity index (χ1) is 13.2. The maximum atomic E-state index is 13.0. The van der Waals surface area contributed by atoms with Gasteiger partial charge in [-0.25, -0.2) is 4.79 Å². The van der Waals surface area contributed by atoms with Gasteiger partial charge in [0, 0.05) is 5.02 Å². The van der Waals surface area contributed by atoms with E-state index in [1.165, 1.54) is 18.2 Å². The number of anilines is 1. The molecule has 0 heterocycles. The van der Waals surface area contributed by atoms with Gasteiger partial charge in [-0.2, -0.15) is 26.3 Å². The lowest BCUT2D eigenvalue weighted by atomic mass is 10.1. The second-order valence-corrected chi connectivity index (χ2v) is 7.05. The fraction of sp³-hybridized carbons (Fsp3) is 0.125. The van der Waals surface area contributed by atoms with Crippen molar-refractivity contribution in [3.05, 3.63) is 61.5 Å². The molecule has 0 atom stereocenters. The number of amides is 3. The van der Waals surface area contributed by atoms with Crippen LogP contribution in [0.4, 0.5) is 36.8 Å². The molecule has 0 aliphatic carbocycles. The lowest BCUT2D eigenvalue weighted by molar-refractivity contribution is -0.143. The largest absolute Gasteiger partial charge is 0.417 e. The average Bonchev–Trinajstić information content (AvgIpc) is 2.54. The van der Waals surface area contributed by atoms with Crippen LogP contribution >= 0.6 is 39.1 Å². The molecule has 2 N–H and O–H groups in total. The summed E-state index contributed by atoms with van der Waals surface area (Å²) in [6.45, 7) is 0. The number of hydrogen-bond donors (Lipinski definition) is 2. The lowest BCUT2D eigenvalue weighted by Gasteiger charge is -2.17. The third-order valence-electron chi connectivity index (χ3n) is 3.36. The van der Waals surface area contributed by atoms with E-state index in [9.17, 15) is 35.9 Å². The molecule has 0 bridgehead atoms. The van der Waals surface area contributed by atoms with Crippen LogP contribution in [-0.2, 0) is 12.4 Å². The number of carbonyl (C=O) groups is 2. The molecule has 0 unspecified atom stereocenters. The topological polar surface area (TPSA) is 58.2 Å². The molecular formula is C16H7BrCl2F6N2O2. The van der Waals surface area contributed by atoms with Gasteiger partial charge in [-0.15, -0.1) is 0 Å². The summed E-state index contributed by atoms with van der Waals surface area (Å²) >= 11 is 14.0. The SMILES string of the molecule is O=C(NC(=O)c1ccc(Cl)cc1Cl)Nc1cc(C(F)(F)F)cc(C(F)(F)F)c1Br. The highest BCUT2D eigenvalue weighted by Crippen LogP contribution is 2.43. The van der Waals surface area contributed by atoms with Crippen molar-refractivity contribution in [3.8, 4) is 0 Å². The predicted molar refractivity (Wildman–Crippen MR) is 97.1 cm³/mol. The van der Waals surface area contributed by atoms with Crippen LogP contribution in [0.15, 0.2) is 34.8 Å². The van der Waals surface area contributed by atoms with Gasteiger partial charge in [0.05, 0.1) is 31.9 Å². The van der Waals surface area contributed by atoms with E-state index >= 15 is 0 Å². The van der Waals surface area contributed by atoms with Crippen molar-refractivity contribution in [3.63, 3.8) is 0 Å². The molecule has 0 aliphatic rings. The molecule has 156 valence electrons. The Morgan fingerprint density at radius 2 is 1.55 bits per heavy atom. The Kier molecular flexibility index (Phi) is 6.75. The van der Waals surface area contributed by atoms with Crippen molar-refractivity contribution in [1.29, 1.82) is 0 Å². The molecule has 0 spiro atoms. The van der Waals surface area contributed by atoms with E-state index in [1.807, 2.05) is 0 Å². The van der Waals surface area contributed by atoms with E-state index in [4.69, 9.17) is 23.2 Å². The summed E-state index contributed by atoms with van der Waals surface area (Å²) in [6.07, 6.45) is -10.3. The Morgan fingerprint density at radius 1 is 0.931 bits per heavy atom. The van der Waals surface area contributed by atoms with E-state index < -0.39 is 45.6 Å². The molecule has 2 aromatic rings. The van der Waals surface area contributed by atoms with Crippen LogP contribution in [0.2, 0.25) is 10.0 Å². The highest BCUT2D eigenvalue weighted by molar-refractivity contribution is 9.10. The van der Waals surface area contributed by atoms with E-state index in [1.54, 1.807) is 10.6 Å². The van der Waals surface area contributed by atoms with Gasteiger partial charge in [0.15, 0.2) is 0 Å². The summed E-state index contributed by atoms with van der Waals surface area (Å²) < 4.78 is 77.0. The van der Waals surface area contributed by atoms with E-state index in [0.29, 0.717) is 6.07 Å². The number of imide groups is 1. The second-order valence-electron chi connectivity index (χ2n) is 5.41. The number of alkyl halides is 6. The van der Waals surface area contributed by atoms with Gasteiger partial charge in [0.2, 0.25) is 0 Å². The Labute approximate surface area is 177 Å². The number of halogens is 9.